The fraction of sp³-hybridized carbons (Fsp3) is 0.579. The number of piperidine rings is 1. The van der Waals surface area contributed by atoms with Crippen LogP contribution in [0.15, 0.2) is 24.3 Å². The number of amides is 2. The van der Waals surface area contributed by atoms with Crippen molar-refractivity contribution in [2.45, 2.75) is 26.3 Å². The van der Waals surface area contributed by atoms with E-state index in [-0.39, 0.29) is 30.1 Å². The van der Waals surface area contributed by atoms with Crippen LogP contribution >= 0.6 is 12.4 Å². The smallest absolute Gasteiger partial charge is 0.236 e. The van der Waals surface area contributed by atoms with Crippen molar-refractivity contribution in [2.75, 3.05) is 39.8 Å². The summed E-state index contributed by atoms with van der Waals surface area (Å²) in [5.74, 6) is 0.0944. The molecule has 7 heteroatoms. The molecule has 1 fully saturated rings. The molecule has 3 N–H and O–H groups in total. The van der Waals surface area contributed by atoms with Crippen LogP contribution in [0.1, 0.15) is 24.0 Å². The maximum atomic E-state index is 12.5. The number of hydrogen-bond acceptors (Lipinski definition) is 4. The molecule has 2 rings (SSSR count). The fourth-order valence-corrected chi connectivity index (χ4v) is 3.20. The van der Waals surface area contributed by atoms with Gasteiger partial charge in [-0.2, -0.15) is 0 Å². The first-order chi connectivity index (χ1) is 12.0. The lowest BCUT2D eigenvalue weighted by atomic mass is 9.97. The number of likely N-dealkylation sites (N-methyl/N-ethyl adjacent to an activating group) is 1. The average molecular weight is 383 g/mol. The van der Waals surface area contributed by atoms with Crippen LogP contribution in [0.4, 0.5) is 0 Å². The van der Waals surface area contributed by atoms with Gasteiger partial charge in [0.1, 0.15) is 0 Å². The lowest BCUT2D eigenvalue weighted by molar-refractivity contribution is -0.134. The number of carbonyl (C=O) groups excluding carboxylic acids is 2. The topological polar surface area (TPSA) is 78.7 Å². The summed E-state index contributed by atoms with van der Waals surface area (Å²) in [6.45, 7) is 5.49. The van der Waals surface area contributed by atoms with Crippen molar-refractivity contribution >= 4 is 24.2 Å². The Kier molecular flexibility index (Phi) is 9.62. The van der Waals surface area contributed by atoms with E-state index in [0.717, 1.165) is 24.9 Å². The number of rotatable bonds is 7. The molecule has 6 nitrogen and oxygen atoms in total. The predicted octanol–water partition coefficient (Wildman–Crippen LogP) is 1.16. The van der Waals surface area contributed by atoms with E-state index in [2.05, 4.69) is 29.3 Å². The van der Waals surface area contributed by atoms with Crippen molar-refractivity contribution in [3.8, 4) is 0 Å². The van der Waals surface area contributed by atoms with Crippen LogP contribution in [-0.4, -0.2) is 61.4 Å². The minimum absolute atomic E-state index is 0. The molecule has 1 aliphatic rings. The molecule has 146 valence electrons. The van der Waals surface area contributed by atoms with Gasteiger partial charge in [0.25, 0.3) is 0 Å². The molecule has 1 unspecified atom stereocenters. The first-order valence-corrected chi connectivity index (χ1v) is 9.00. The molecular formula is C19H31ClN4O2. The SMILES string of the molecule is Cc1ccccc1CN(C)C(=O)CN1CCCC(C(=O)NCCN)C1.Cl. The molecule has 0 spiro atoms. The molecule has 0 radical (unpaired) electrons. The Morgan fingerprint density at radius 3 is 2.77 bits per heavy atom. The van der Waals surface area contributed by atoms with E-state index < -0.39 is 0 Å². The highest BCUT2D eigenvalue weighted by atomic mass is 35.5. The van der Waals surface area contributed by atoms with Gasteiger partial charge < -0.3 is 16.0 Å². The summed E-state index contributed by atoms with van der Waals surface area (Å²) in [6.07, 6.45) is 1.82. The fourth-order valence-electron chi connectivity index (χ4n) is 3.20. The Balaban J connectivity index is 0.00000338. The van der Waals surface area contributed by atoms with E-state index in [9.17, 15) is 9.59 Å². The summed E-state index contributed by atoms with van der Waals surface area (Å²) in [6, 6.07) is 8.11. The largest absolute Gasteiger partial charge is 0.355 e. The summed E-state index contributed by atoms with van der Waals surface area (Å²) in [5, 5.41) is 2.85. The second-order valence-corrected chi connectivity index (χ2v) is 6.83. The van der Waals surface area contributed by atoms with Crippen LogP contribution in [0.25, 0.3) is 0 Å². The highest BCUT2D eigenvalue weighted by Gasteiger charge is 2.27. The second-order valence-electron chi connectivity index (χ2n) is 6.83. The Hall–Kier alpha value is -1.63. The van der Waals surface area contributed by atoms with Gasteiger partial charge in [-0.15, -0.1) is 12.4 Å². The Labute approximate surface area is 162 Å². The number of carbonyl (C=O) groups is 2. The molecule has 0 bridgehead atoms. The number of hydrogen-bond donors (Lipinski definition) is 2. The molecule has 1 aromatic rings. The van der Waals surface area contributed by atoms with Crippen LogP contribution in [0, 0.1) is 12.8 Å². The van der Waals surface area contributed by atoms with Gasteiger partial charge in [0, 0.05) is 33.2 Å². The lowest BCUT2D eigenvalue weighted by Gasteiger charge is -2.32. The first kappa shape index (κ1) is 22.4. The van der Waals surface area contributed by atoms with Gasteiger partial charge in [0.15, 0.2) is 0 Å². The predicted molar refractivity (Wildman–Crippen MR) is 106 cm³/mol. The Morgan fingerprint density at radius 2 is 2.08 bits per heavy atom. The van der Waals surface area contributed by atoms with Crippen LogP contribution in [0.5, 0.6) is 0 Å². The third-order valence-corrected chi connectivity index (χ3v) is 4.77. The van der Waals surface area contributed by atoms with E-state index in [1.54, 1.807) is 4.90 Å². The average Bonchev–Trinajstić information content (AvgIpc) is 2.61. The van der Waals surface area contributed by atoms with Crippen LogP contribution < -0.4 is 11.1 Å². The van der Waals surface area contributed by atoms with Gasteiger partial charge in [-0.1, -0.05) is 24.3 Å². The van der Waals surface area contributed by atoms with Crippen molar-refractivity contribution < 1.29 is 9.59 Å². The lowest BCUT2D eigenvalue weighted by Crippen LogP contribution is -2.47. The van der Waals surface area contributed by atoms with E-state index in [4.69, 9.17) is 5.73 Å². The van der Waals surface area contributed by atoms with E-state index in [1.807, 2.05) is 19.2 Å². The zero-order valence-electron chi connectivity index (χ0n) is 15.7. The summed E-state index contributed by atoms with van der Waals surface area (Å²) in [7, 11) is 1.84. The molecular weight excluding hydrogens is 352 g/mol. The molecule has 0 aromatic heterocycles. The van der Waals surface area contributed by atoms with Gasteiger partial charge in [-0.25, -0.2) is 0 Å². The van der Waals surface area contributed by atoms with Crippen molar-refractivity contribution in [1.82, 2.24) is 15.1 Å². The number of benzene rings is 1. The third kappa shape index (κ3) is 6.59. The molecule has 26 heavy (non-hydrogen) atoms. The number of nitrogens with one attached hydrogen (secondary N) is 1. The highest BCUT2D eigenvalue weighted by molar-refractivity contribution is 5.85. The summed E-state index contributed by atoms with van der Waals surface area (Å²) in [4.78, 5) is 28.5. The summed E-state index contributed by atoms with van der Waals surface area (Å²) >= 11 is 0. The summed E-state index contributed by atoms with van der Waals surface area (Å²) in [5.41, 5.74) is 7.79. The van der Waals surface area contributed by atoms with E-state index >= 15 is 0 Å². The molecule has 1 aliphatic heterocycles. The number of halogens is 1. The van der Waals surface area contributed by atoms with Gasteiger partial charge in [0.2, 0.25) is 11.8 Å². The normalized spacial score (nSPS) is 17.3. The zero-order chi connectivity index (χ0) is 18.2. The van der Waals surface area contributed by atoms with Gasteiger partial charge in [-0.3, -0.25) is 14.5 Å². The standard InChI is InChI=1S/C19H30N4O2.ClH/c1-15-6-3-4-7-16(15)12-22(2)18(24)14-23-11-5-8-17(13-23)19(25)21-10-9-20;/h3-4,6-7,17H,5,8-14,20H2,1-2H3,(H,21,25);1H. The minimum Gasteiger partial charge on any atom is -0.355 e. The Morgan fingerprint density at radius 1 is 1.35 bits per heavy atom. The molecule has 1 aromatic carbocycles. The number of likely N-dealkylation sites (tertiary alicyclic amines) is 1. The third-order valence-electron chi connectivity index (χ3n) is 4.77. The number of aryl methyl sites for hydroxylation is 1. The summed E-state index contributed by atoms with van der Waals surface area (Å²) < 4.78 is 0. The molecule has 0 saturated carbocycles. The van der Waals surface area contributed by atoms with Crippen molar-refractivity contribution in [1.29, 1.82) is 0 Å². The molecule has 1 atom stereocenters. The number of nitrogens with two attached hydrogens (primary N) is 1. The molecule has 2 amide bonds. The van der Waals surface area contributed by atoms with Gasteiger partial charge >= 0.3 is 0 Å². The number of nitrogens with zero attached hydrogens (tertiary/aromatic N) is 2. The van der Waals surface area contributed by atoms with Crippen molar-refractivity contribution in [2.24, 2.45) is 11.7 Å². The molecule has 1 heterocycles. The second kappa shape index (κ2) is 11.2. The van der Waals surface area contributed by atoms with Crippen molar-refractivity contribution in [3.05, 3.63) is 35.4 Å². The van der Waals surface area contributed by atoms with Crippen LogP contribution in [-0.2, 0) is 16.1 Å². The monoisotopic (exact) mass is 382 g/mol. The van der Waals surface area contributed by atoms with Gasteiger partial charge in [0.05, 0.1) is 12.5 Å². The first-order valence-electron chi connectivity index (χ1n) is 9.00. The minimum atomic E-state index is -0.0465. The van der Waals surface area contributed by atoms with E-state index in [1.165, 1.54) is 5.56 Å². The molecule has 1 saturated heterocycles. The maximum Gasteiger partial charge on any atom is 0.236 e. The maximum absolute atomic E-state index is 12.5. The zero-order valence-corrected chi connectivity index (χ0v) is 16.6. The highest BCUT2D eigenvalue weighted by Crippen LogP contribution is 2.17. The van der Waals surface area contributed by atoms with Gasteiger partial charge in [-0.05, 0) is 37.4 Å². The van der Waals surface area contributed by atoms with Crippen LogP contribution in [0.2, 0.25) is 0 Å². The Bertz CT molecular complexity index is 597. The van der Waals surface area contributed by atoms with E-state index in [0.29, 0.717) is 32.7 Å². The quantitative estimate of drug-likeness (QED) is 0.741. The van der Waals surface area contributed by atoms with Crippen molar-refractivity contribution in [3.63, 3.8) is 0 Å². The van der Waals surface area contributed by atoms with Crippen LogP contribution in [0.3, 0.4) is 0 Å². The molecule has 0 aliphatic carbocycles.